The SMILES string of the molecule is Cc1ccccc1C(=O)N1CCc2ccc(C(C)N)cc2C1. The Labute approximate surface area is 131 Å². The number of amides is 1. The van der Waals surface area contributed by atoms with Crippen LogP contribution in [0.4, 0.5) is 0 Å². The van der Waals surface area contributed by atoms with E-state index in [1.165, 1.54) is 11.1 Å². The van der Waals surface area contributed by atoms with Gasteiger partial charge in [0.2, 0.25) is 0 Å². The van der Waals surface area contributed by atoms with Crippen molar-refractivity contribution in [2.24, 2.45) is 5.73 Å². The van der Waals surface area contributed by atoms with Crippen LogP contribution in [0.5, 0.6) is 0 Å². The Morgan fingerprint density at radius 3 is 2.68 bits per heavy atom. The lowest BCUT2D eigenvalue weighted by Crippen LogP contribution is -2.36. The van der Waals surface area contributed by atoms with Crippen LogP contribution in [-0.4, -0.2) is 17.4 Å². The summed E-state index contributed by atoms with van der Waals surface area (Å²) in [7, 11) is 0. The minimum atomic E-state index is 0.0211. The molecule has 2 aromatic rings. The van der Waals surface area contributed by atoms with Crippen molar-refractivity contribution >= 4 is 5.91 Å². The fourth-order valence-corrected chi connectivity index (χ4v) is 3.02. The number of benzene rings is 2. The van der Waals surface area contributed by atoms with Gasteiger partial charge in [0.05, 0.1) is 0 Å². The smallest absolute Gasteiger partial charge is 0.254 e. The van der Waals surface area contributed by atoms with Crippen LogP contribution < -0.4 is 5.73 Å². The molecule has 0 saturated carbocycles. The first-order valence-electron chi connectivity index (χ1n) is 7.78. The molecule has 3 rings (SSSR count). The van der Waals surface area contributed by atoms with Crippen molar-refractivity contribution in [1.29, 1.82) is 0 Å². The van der Waals surface area contributed by atoms with Crippen molar-refractivity contribution in [2.75, 3.05) is 6.54 Å². The number of hydrogen-bond acceptors (Lipinski definition) is 2. The van der Waals surface area contributed by atoms with Crippen LogP contribution in [0, 0.1) is 6.92 Å². The maximum atomic E-state index is 12.8. The van der Waals surface area contributed by atoms with Gasteiger partial charge < -0.3 is 10.6 Å². The molecule has 0 aromatic heterocycles. The summed E-state index contributed by atoms with van der Waals surface area (Å²) in [6.07, 6.45) is 0.909. The van der Waals surface area contributed by atoms with E-state index in [4.69, 9.17) is 5.73 Å². The van der Waals surface area contributed by atoms with E-state index in [0.29, 0.717) is 6.54 Å². The monoisotopic (exact) mass is 294 g/mol. The van der Waals surface area contributed by atoms with E-state index in [0.717, 1.165) is 29.7 Å². The topological polar surface area (TPSA) is 46.3 Å². The third-order valence-electron chi connectivity index (χ3n) is 4.43. The summed E-state index contributed by atoms with van der Waals surface area (Å²) in [6, 6.07) is 14.2. The molecule has 1 unspecified atom stereocenters. The van der Waals surface area contributed by atoms with Gasteiger partial charge in [-0.2, -0.15) is 0 Å². The molecule has 1 aliphatic rings. The largest absolute Gasteiger partial charge is 0.334 e. The molecule has 0 fully saturated rings. The van der Waals surface area contributed by atoms with Gasteiger partial charge in [-0.15, -0.1) is 0 Å². The van der Waals surface area contributed by atoms with Crippen molar-refractivity contribution in [1.82, 2.24) is 4.90 Å². The van der Waals surface area contributed by atoms with E-state index in [-0.39, 0.29) is 11.9 Å². The fraction of sp³-hybridized carbons (Fsp3) is 0.316. The highest BCUT2D eigenvalue weighted by Crippen LogP contribution is 2.24. The zero-order valence-electron chi connectivity index (χ0n) is 13.2. The maximum absolute atomic E-state index is 12.8. The van der Waals surface area contributed by atoms with E-state index in [1.54, 1.807) is 0 Å². The Kier molecular flexibility index (Phi) is 3.99. The van der Waals surface area contributed by atoms with Crippen LogP contribution in [0.1, 0.15) is 45.6 Å². The highest BCUT2D eigenvalue weighted by molar-refractivity contribution is 5.95. The van der Waals surface area contributed by atoms with Crippen molar-refractivity contribution in [3.8, 4) is 0 Å². The second kappa shape index (κ2) is 5.93. The lowest BCUT2D eigenvalue weighted by molar-refractivity contribution is 0.0734. The molecule has 0 aliphatic carbocycles. The summed E-state index contributed by atoms with van der Waals surface area (Å²) < 4.78 is 0. The van der Waals surface area contributed by atoms with Crippen LogP contribution in [0.2, 0.25) is 0 Å². The first-order valence-corrected chi connectivity index (χ1v) is 7.78. The molecule has 0 spiro atoms. The van der Waals surface area contributed by atoms with Gasteiger partial charge in [0, 0.05) is 24.7 Å². The summed E-state index contributed by atoms with van der Waals surface area (Å²) in [6.45, 7) is 5.42. The molecule has 0 bridgehead atoms. The highest BCUT2D eigenvalue weighted by atomic mass is 16.2. The van der Waals surface area contributed by atoms with Crippen LogP contribution in [0.15, 0.2) is 42.5 Å². The zero-order chi connectivity index (χ0) is 15.7. The quantitative estimate of drug-likeness (QED) is 0.924. The average molecular weight is 294 g/mol. The van der Waals surface area contributed by atoms with Gasteiger partial charge in [-0.25, -0.2) is 0 Å². The molecule has 114 valence electrons. The Bertz CT molecular complexity index is 706. The van der Waals surface area contributed by atoms with Gasteiger partial charge >= 0.3 is 0 Å². The van der Waals surface area contributed by atoms with Gasteiger partial charge in [0.15, 0.2) is 0 Å². The van der Waals surface area contributed by atoms with Crippen molar-refractivity contribution < 1.29 is 4.79 Å². The predicted molar refractivity (Wildman–Crippen MR) is 88.7 cm³/mol. The van der Waals surface area contributed by atoms with E-state index < -0.39 is 0 Å². The molecule has 22 heavy (non-hydrogen) atoms. The van der Waals surface area contributed by atoms with Crippen molar-refractivity contribution in [3.05, 3.63) is 70.3 Å². The lowest BCUT2D eigenvalue weighted by atomic mass is 9.95. The number of carbonyl (C=O) groups excluding carboxylic acids is 1. The molecule has 0 saturated heterocycles. The Morgan fingerprint density at radius 2 is 1.95 bits per heavy atom. The third-order valence-corrected chi connectivity index (χ3v) is 4.43. The Balaban J connectivity index is 1.86. The normalized spacial score (nSPS) is 15.3. The molecule has 1 atom stereocenters. The van der Waals surface area contributed by atoms with Crippen LogP contribution in [-0.2, 0) is 13.0 Å². The fourth-order valence-electron chi connectivity index (χ4n) is 3.02. The van der Waals surface area contributed by atoms with E-state index >= 15 is 0 Å². The zero-order valence-corrected chi connectivity index (χ0v) is 13.2. The average Bonchev–Trinajstić information content (AvgIpc) is 2.53. The Morgan fingerprint density at radius 1 is 1.18 bits per heavy atom. The molecule has 2 N–H and O–H groups in total. The van der Waals surface area contributed by atoms with Crippen molar-refractivity contribution in [2.45, 2.75) is 32.9 Å². The number of hydrogen-bond donors (Lipinski definition) is 1. The van der Waals surface area contributed by atoms with E-state index in [2.05, 4.69) is 18.2 Å². The summed E-state index contributed by atoms with van der Waals surface area (Å²) in [5.41, 5.74) is 11.5. The van der Waals surface area contributed by atoms with Gasteiger partial charge in [0.25, 0.3) is 5.91 Å². The number of nitrogens with two attached hydrogens (primary N) is 1. The second-order valence-electron chi connectivity index (χ2n) is 6.11. The second-order valence-corrected chi connectivity index (χ2v) is 6.11. The lowest BCUT2D eigenvalue weighted by Gasteiger charge is -2.30. The van der Waals surface area contributed by atoms with Gasteiger partial charge in [-0.3, -0.25) is 4.79 Å². The van der Waals surface area contributed by atoms with Gasteiger partial charge in [0.1, 0.15) is 0 Å². The van der Waals surface area contributed by atoms with E-state index in [9.17, 15) is 4.79 Å². The molecule has 2 aromatic carbocycles. The van der Waals surface area contributed by atoms with Crippen LogP contribution >= 0.6 is 0 Å². The van der Waals surface area contributed by atoms with Gasteiger partial charge in [-0.05, 0) is 48.6 Å². The molecule has 1 amide bonds. The number of nitrogens with zero attached hydrogens (tertiary/aromatic N) is 1. The first-order chi connectivity index (χ1) is 10.6. The molecule has 3 heteroatoms. The van der Waals surface area contributed by atoms with Crippen molar-refractivity contribution in [3.63, 3.8) is 0 Å². The molecule has 3 nitrogen and oxygen atoms in total. The highest BCUT2D eigenvalue weighted by Gasteiger charge is 2.23. The van der Waals surface area contributed by atoms with E-state index in [1.807, 2.05) is 43.0 Å². The minimum Gasteiger partial charge on any atom is -0.334 e. The number of fused-ring (bicyclic) bond motifs is 1. The predicted octanol–water partition coefficient (Wildman–Crippen LogP) is 3.21. The molecular weight excluding hydrogens is 272 g/mol. The number of rotatable bonds is 2. The van der Waals surface area contributed by atoms with Gasteiger partial charge in [-0.1, -0.05) is 36.4 Å². The number of carbonyl (C=O) groups is 1. The number of aryl methyl sites for hydroxylation is 1. The minimum absolute atomic E-state index is 0.0211. The maximum Gasteiger partial charge on any atom is 0.254 e. The standard InChI is InChI=1S/C19H22N2O/c1-13-5-3-4-6-18(13)19(22)21-10-9-15-7-8-16(14(2)20)11-17(15)12-21/h3-8,11,14H,9-10,12,20H2,1-2H3. The summed E-state index contributed by atoms with van der Waals surface area (Å²) in [5.74, 6) is 0.120. The first kappa shape index (κ1) is 14.8. The Hall–Kier alpha value is -2.13. The van der Waals surface area contributed by atoms with Crippen LogP contribution in [0.25, 0.3) is 0 Å². The van der Waals surface area contributed by atoms with Crippen LogP contribution in [0.3, 0.4) is 0 Å². The third kappa shape index (κ3) is 2.77. The summed E-state index contributed by atoms with van der Waals surface area (Å²) in [5, 5.41) is 0. The molecule has 0 radical (unpaired) electrons. The summed E-state index contributed by atoms with van der Waals surface area (Å²) >= 11 is 0. The molecular formula is C19H22N2O. The molecule has 1 aliphatic heterocycles. The summed E-state index contributed by atoms with van der Waals surface area (Å²) in [4.78, 5) is 14.7. The molecule has 1 heterocycles.